The molecule has 2 atom stereocenters. The van der Waals surface area contributed by atoms with Gasteiger partial charge in [-0.2, -0.15) is 0 Å². The summed E-state index contributed by atoms with van der Waals surface area (Å²) in [4.78, 5) is 16.1. The quantitative estimate of drug-likeness (QED) is 0.770. The van der Waals surface area contributed by atoms with Crippen LogP contribution in [0, 0.1) is 0 Å². The highest BCUT2D eigenvalue weighted by molar-refractivity contribution is 5.78. The molecule has 1 aliphatic heterocycles. The summed E-state index contributed by atoms with van der Waals surface area (Å²) in [5.41, 5.74) is 5.00. The fourth-order valence-corrected chi connectivity index (χ4v) is 3.34. The van der Waals surface area contributed by atoms with Crippen molar-refractivity contribution in [1.82, 2.24) is 9.80 Å². The molecule has 0 amide bonds. The van der Waals surface area contributed by atoms with Gasteiger partial charge in [0.15, 0.2) is 0 Å². The molecule has 1 saturated heterocycles. The van der Waals surface area contributed by atoms with E-state index in [4.69, 9.17) is 5.73 Å². The summed E-state index contributed by atoms with van der Waals surface area (Å²) in [7, 11) is 2.11. The lowest BCUT2D eigenvalue weighted by atomic mass is 9.79. The Hall–Kier alpha value is -0.650. The SMILES string of the molecule is CN(CCN1CCCC1)C1CCCC(N)(C(=O)O)C1. The lowest BCUT2D eigenvalue weighted by Gasteiger charge is -2.39. The molecule has 0 radical (unpaired) electrons. The van der Waals surface area contributed by atoms with Crippen LogP contribution in [-0.2, 0) is 4.79 Å². The van der Waals surface area contributed by atoms with Gasteiger partial charge in [-0.1, -0.05) is 0 Å². The zero-order valence-electron chi connectivity index (χ0n) is 12.0. The molecule has 0 aromatic rings. The van der Waals surface area contributed by atoms with Crippen LogP contribution in [0.2, 0.25) is 0 Å². The Bertz CT molecular complexity index is 318. The standard InChI is InChI=1S/C14H27N3O2/c1-16(9-10-17-7-2-3-8-17)12-5-4-6-14(15,11-12)13(18)19/h12H,2-11,15H2,1H3,(H,18,19). The van der Waals surface area contributed by atoms with E-state index in [1.165, 1.54) is 25.9 Å². The molecule has 0 bridgehead atoms. The molecule has 1 saturated carbocycles. The monoisotopic (exact) mass is 269 g/mol. The van der Waals surface area contributed by atoms with Crippen molar-refractivity contribution in [2.24, 2.45) is 5.73 Å². The van der Waals surface area contributed by atoms with Crippen LogP contribution in [0.15, 0.2) is 0 Å². The zero-order chi connectivity index (χ0) is 13.9. The fourth-order valence-electron chi connectivity index (χ4n) is 3.34. The first-order valence-corrected chi connectivity index (χ1v) is 7.46. The summed E-state index contributed by atoms with van der Waals surface area (Å²) < 4.78 is 0. The Kier molecular flexibility index (Phi) is 4.81. The highest BCUT2D eigenvalue weighted by Gasteiger charge is 2.40. The van der Waals surface area contributed by atoms with Gasteiger partial charge >= 0.3 is 5.97 Å². The molecule has 0 aromatic heterocycles. The van der Waals surface area contributed by atoms with E-state index in [2.05, 4.69) is 16.8 Å². The maximum atomic E-state index is 11.3. The Labute approximate surface area is 115 Å². The molecular formula is C14H27N3O2. The van der Waals surface area contributed by atoms with Gasteiger partial charge in [-0.15, -0.1) is 0 Å². The molecule has 3 N–H and O–H groups in total. The second-order valence-electron chi connectivity index (χ2n) is 6.24. The van der Waals surface area contributed by atoms with Crippen molar-refractivity contribution in [3.05, 3.63) is 0 Å². The summed E-state index contributed by atoms with van der Waals surface area (Å²) in [6, 6.07) is 0.317. The van der Waals surface area contributed by atoms with Crippen LogP contribution in [0.25, 0.3) is 0 Å². The van der Waals surface area contributed by atoms with Gasteiger partial charge < -0.3 is 20.6 Å². The van der Waals surface area contributed by atoms with Crippen LogP contribution >= 0.6 is 0 Å². The molecule has 5 heteroatoms. The number of nitrogens with two attached hydrogens (primary N) is 1. The number of aliphatic carboxylic acids is 1. The normalized spacial score (nSPS) is 32.9. The Morgan fingerprint density at radius 1 is 1.42 bits per heavy atom. The van der Waals surface area contributed by atoms with Crippen LogP contribution in [0.3, 0.4) is 0 Å². The first kappa shape index (κ1) is 14.8. The van der Waals surface area contributed by atoms with Crippen molar-refractivity contribution in [1.29, 1.82) is 0 Å². The maximum absolute atomic E-state index is 11.3. The third-order valence-electron chi connectivity index (χ3n) is 4.78. The lowest BCUT2D eigenvalue weighted by molar-refractivity contribution is -0.145. The average Bonchev–Trinajstić information content (AvgIpc) is 2.89. The molecule has 1 heterocycles. The van der Waals surface area contributed by atoms with Crippen molar-refractivity contribution in [2.45, 2.75) is 50.1 Å². The highest BCUT2D eigenvalue weighted by atomic mass is 16.4. The van der Waals surface area contributed by atoms with Crippen molar-refractivity contribution in [3.63, 3.8) is 0 Å². The Morgan fingerprint density at radius 3 is 2.74 bits per heavy atom. The van der Waals surface area contributed by atoms with Crippen molar-refractivity contribution < 1.29 is 9.90 Å². The number of rotatable bonds is 5. The number of carboxylic acids is 1. The van der Waals surface area contributed by atoms with Gasteiger partial charge in [0, 0.05) is 19.1 Å². The summed E-state index contributed by atoms with van der Waals surface area (Å²) in [5, 5.41) is 9.25. The van der Waals surface area contributed by atoms with E-state index in [9.17, 15) is 9.90 Å². The third-order valence-corrected chi connectivity index (χ3v) is 4.78. The van der Waals surface area contributed by atoms with Gasteiger partial charge in [0.05, 0.1) is 0 Å². The van der Waals surface area contributed by atoms with Crippen LogP contribution in [0.1, 0.15) is 38.5 Å². The predicted molar refractivity (Wildman–Crippen MR) is 75.1 cm³/mol. The first-order valence-electron chi connectivity index (χ1n) is 7.46. The molecule has 110 valence electrons. The second-order valence-corrected chi connectivity index (χ2v) is 6.24. The second kappa shape index (κ2) is 6.20. The van der Waals surface area contributed by atoms with E-state index in [1.807, 2.05) is 0 Å². The minimum Gasteiger partial charge on any atom is -0.480 e. The van der Waals surface area contributed by atoms with Gasteiger partial charge in [-0.05, 0) is 58.7 Å². The minimum atomic E-state index is -1.01. The van der Waals surface area contributed by atoms with E-state index in [1.54, 1.807) is 0 Å². The van der Waals surface area contributed by atoms with E-state index in [0.717, 1.165) is 25.9 Å². The molecule has 5 nitrogen and oxygen atoms in total. The number of hydrogen-bond donors (Lipinski definition) is 2. The number of carbonyl (C=O) groups is 1. The first-order chi connectivity index (χ1) is 9.01. The number of hydrogen-bond acceptors (Lipinski definition) is 4. The van der Waals surface area contributed by atoms with Gasteiger partial charge in [0.2, 0.25) is 0 Å². The van der Waals surface area contributed by atoms with Crippen molar-refractivity contribution >= 4 is 5.97 Å². The Balaban J connectivity index is 1.81. The molecule has 19 heavy (non-hydrogen) atoms. The molecule has 0 spiro atoms. The smallest absolute Gasteiger partial charge is 0.323 e. The molecule has 2 unspecified atom stereocenters. The summed E-state index contributed by atoms with van der Waals surface area (Å²) in [6.45, 7) is 4.54. The van der Waals surface area contributed by atoms with E-state index in [-0.39, 0.29) is 0 Å². The van der Waals surface area contributed by atoms with Crippen LogP contribution in [0.4, 0.5) is 0 Å². The number of likely N-dealkylation sites (tertiary alicyclic amines) is 1. The van der Waals surface area contributed by atoms with Gasteiger partial charge in [-0.25, -0.2) is 0 Å². The molecule has 2 fully saturated rings. The Morgan fingerprint density at radius 2 is 2.11 bits per heavy atom. The number of likely N-dealkylation sites (N-methyl/N-ethyl adjacent to an activating group) is 1. The lowest BCUT2D eigenvalue weighted by Crippen LogP contribution is -2.55. The fraction of sp³-hybridized carbons (Fsp3) is 0.929. The third kappa shape index (κ3) is 3.68. The summed E-state index contributed by atoms with van der Waals surface area (Å²) in [6.07, 6.45) is 5.82. The molecule has 0 aromatic carbocycles. The molecule has 1 aliphatic carbocycles. The minimum absolute atomic E-state index is 0.317. The van der Waals surface area contributed by atoms with E-state index in [0.29, 0.717) is 18.9 Å². The average molecular weight is 269 g/mol. The van der Waals surface area contributed by atoms with E-state index >= 15 is 0 Å². The topological polar surface area (TPSA) is 69.8 Å². The molecular weight excluding hydrogens is 242 g/mol. The van der Waals surface area contributed by atoms with Crippen LogP contribution in [0.5, 0.6) is 0 Å². The molecule has 2 rings (SSSR count). The predicted octanol–water partition coefficient (Wildman–Crippen LogP) is 0.739. The highest BCUT2D eigenvalue weighted by Crippen LogP contribution is 2.29. The van der Waals surface area contributed by atoms with E-state index < -0.39 is 11.5 Å². The summed E-state index contributed by atoms with van der Waals surface area (Å²) >= 11 is 0. The van der Waals surface area contributed by atoms with Gasteiger partial charge in [0.25, 0.3) is 0 Å². The van der Waals surface area contributed by atoms with Crippen molar-refractivity contribution in [3.8, 4) is 0 Å². The summed E-state index contributed by atoms with van der Waals surface area (Å²) in [5.74, 6) is -0.842. The van der Waals surface area contributed by atoms with Crippen LogP contribution < -0.4 is 5.73 Å². The van der Waals surface area contributed by atoms with Gasteiger partial charge in [0.1, 0.15) is 5.54 Å². The molecule has 2 aliphatic rings. The van der Waals surface area contributed by atoms with Crippen LogP contribution in [-0.4, -0.2) is 65.7 Å². The number of carboxylic acid groups (broad SMARTS) is 1. The largest absolute Gasteiger partial charge is 0.480 e. The van der Waals surface area contributed by atoms with Gasteiger partial charge in [-0.3, -0.25) is 4.79 Å². The number of nitrogens with zero attached hydrogens (tertiary/aromatic N) is 2. The maximum Gasteiger partial charge on any atom is 0.323 e. The van der Waals surface area contributed by atoms with Crippen molar-refractivity contribution in [2.75, 3.05) is 33.2 Å². The zero-order valence-corrected chi connectivity index (χ0v) is 12.0.